The molecule has 2 aromatic heterocycles. The molecule has 0 saturated carbocycles. The Morgan fingerprint density at radius 1 is 1.10 bits per heavy atom. The number of ether oxygens (including phenoxy) is 3. The van der Waals surface area contributed by atoms with Gasteiger partial charge in [0.1, 0.15) is 18.2 Å². The molecule has 3 rings (SSSR count). The van der Waals surface area contributed by atoms with Gasteiger partial charge in [0, 0.05) is 5.56 Å². The number of nitrogens with zero attached hydrogens (tertiary/aromatic N) is 5. The third-order valence-corrected chi connectivity index (χ3v) is 4.41. The molecule has 0 fully saturated rings. The molecule has 150 valence electrons. The van der Waals surface area contributed by atoms with E-state index in [9.17, 15) is 10.1 Å². The van der Waals surface area contributed by atoms with Gasteiger partial charge in [-0.25, -0.2) is 4.68 Å². The predicted octanol–water partition coefficient (Wildman–Crippen LogP) is 1.86. The van der Waals surface area contributed by atoms with Crippen LogP contribution in [0.2, 0.25) is 0 Å². The topological polar surface area (TPSA) is 125 Å². The van der Waals surface area contributed by atoms with Crippen molar-refractivity contribution in [2.45, 2.75) is 20.4 Å². The molecule has 10 heteroatoms. The van der Waals surface area contributed by atoms with Crippen LogP contribution < -0.4 is 19.8 Å². The highest BCUT2D eigenvalue weighted by Crippen LogP contribution is 2.40. The lowest BCUT2D eigenvalue weighted by Crippen LogP contribution is -2.28. The Morgan fingerprint density at radius 3 is 2.31 bits per heavy atom. The summed E-state index contributed by atoms with van der Waals surface area (Å²) in [6, 6.07) is 5.27. The molecule has 1 aromatic carbocycles. The van der Waals surface area contributed by atoms with Gasteiger partial charge in [0.05, 0.1) is 27.0 Å². The van der Waals surface area contributed by atoms with E-state index in [1.807, 2.05) is 6.07 Å². The van der Waals surface area contributed by atoms with Crippen molar-refractivity contribution in [1.29, 1.82) is 5.26 Å². The molecule has 0 unspecified atom stereocenters. The van der Waals surface area contributed by atoms with Gasteiger partial charge in [0.2, 0.25) is 17.5 Å². The van der Waals surface area contributed by atoms with E-state index < -0.39 is 5.56 Å². The fraction of sp³-hybridized carbons (Fsp3) is 0.316. The van der Waals surface area contributed by atoms with Gasteiger partial charge in [0.25, 0.3) is 5.56 Å². The molecule has 29 heavy (non-hydrogen) atoms. The summed E-state index contributed by atoms with van der Waals surface area (Å²) in [4.78, 5) is 12.4. The molecule has 0 aliphatic carbocycles. The second-order valence-corrected chi connectivity index (χ2v) is 6.07. The second kappa shape index (κ2) is 8.02. The van der Waals surface area contributed by atoms with Gasteiger partial charge in [-0.1, -0.05) is 0 Å². The summed E-state index contributed by atoms with van der Waals surface area (Å²) in [7, 11) is 4.52. The number of hydrogen-bond acceptors (Lipinski definition) is 9. The maximum Gasteiger partial charge on any atom is 0.285 e. The molecule has 0 aliphatic heterocycles. The summed E-state index contributed by atoms with van der Waals surface area (Å²) in [5, 5.41) is 21.4. The van der Waals surface area contributed by atoms with Crippen LogP contribution in [0.4, 0.5) is 0 Å². The molecule has 0 saturated heterocycles. The summed E-state index contributed by atoms with van der Waals surface area (Å²) in [5.74, 6) is 1.68. The molecule has 0 radical (unpaired) electrons. The van der Waals surface area contributed by atoms with Crippen LogP contribution in [-0.2, 0) is 6.54 Å². The van der Waals surface area contributed by atoms with Gasteiger partial charge in [-0.15, -0.1) is 10.2 Å². The van der Waals surface area contributed by atoms with E-state index in [0.29, 0.717) is 34.1 Å². The smallest absolute Gasteiger partial charge is 0.285 e. The highest BCUT2D eigenvalue weighted by molar-refractivity contribution is 5.65. The fourth-order valence-corrected chi connectivity index (χ4v) is 2.78. The van der Waals surface area contributed by atoms with Crippen molar-refractivity contribution >= 4 is 0 Å². The largest absolute Gasteiger partial charge is 0.493 e. The average molecular weight is 397 g/mol. The van der Waals surface area contributed by atoms with Gasteiger partial charge in [-0.2, -0.15) is 10.4 Å². The molecular formula is C19H19N5O5. The van der Waals surface area contributed by atoms with E-state index in [4.69, 9.17) is 18.6 Å². The van der Waals surface area contributed by atoms with Gasteiger partial charge in [-0.3, -0.25) is 4.79 Å². The van der Waals surface area contributed by atoms with Crippen molar-refractivity contribution in [1.82, 2.24) is 20.0 Å². The van der Waals surface area contributed by atoms with Crippen molar-refractivity contribution in [3.63, 3.8) is 0 Å². The molecule has 0 N–H and O–H groups in total. The monoisotopic (exact) mass is 397 g/mol. The third-order valence-electron chi connectivity index (χ3n) is 4.41. The summed E-state index contributed by atoms with van der Waals surface area (Å²) >= 11 is 0. The molecule has 0 amide bonds. The quantitative estimate of drug-likeness (QED) is 0.612. The summed E-state index contributed by atoms with van der Waals surface area (Å²) < 4.78 is 22.8. The van der Waals surface area contributed by atoms with Crippen molar-refractivity contribution in [2.24, 2.45) is 0 Å². The van der Waals surface area contributed by atoms with E-state index in [-0.39, 0.29) is 23.9 Å². The number of benzene rings is 1. The summed E-state index contributed by atoms with van der Waals surface area (Å²) in [6.07, 6.45) is 0. The Kier molecular flexibility index (Phi) is 5.50. The Hall–Kier alpha value is -3.87. The zero-order chi connectivity index (χ0) is 21.1. The number of nitriles is 1. The van der Waals surface area contributed by atoms with Gasteiger partial charge in [-0.05, 0) is 31.5 Å². The highest BCUT2D eigenvalue weighted by Gasteiger charge is 2.19. The maximum absolute atomic E-state index is 12.4. The van der Waals surface area contributed by atoms with Crippen LogP contribution in [0.1, 0.15) is 22.7 Å². The molecule has 2 heterocycles. The molecule has 0 atom stereocenters. The number of hydrogen-bond donors (Lipinski definition) is 0. The van der Waals surface area contributed by atoms with Crippen molar-refractivity contribution in [3.8, 4) is 34.8 Å². The van der Waals surface area contributed by atoms with Crippen LogP contribution in [0.15, 0.2) is 21.3 Å². The molecule has 10 nitrogen and oxygen atoms in total. The first kappa shape index (κ1) is 19.9. The zero-order valence-electron chi connectivity index (χ0n) is 16.6. The number of rotatable bonds is 6. The standard InChI is InChI=1S/C19H19N5O5/c1-10-11(2)23-24(19(25)13(10)8-20)9-16-21-22-18(29-16)12-6-14(26-3)17(28-5)15(7-12)27-4/h6-7H,9H2,1-5H3. The maximum atomic E-state index is 12.4. The van der Waals surface area contributed by atoms with Crippen LogP contribution in [0.5, 0.6) is 17.2 Å². The Morgan fingerprint density at radius 2 is 1.76 bits per heavy atom. The third kappa shape index (κ3) is 3.62. The normalized spacial score (nSPS) is 10.5. The average Bonchev–Trinajstić information content (AvgIpc) is 3.19. The van der Waals surface area contributed by atoms with E-state index in [2.05, 4.69) is 15.3 Å². The van der Waals surface area contributed by atoms with Crippen LogP contribution >= 0.6 is 0 Å². The van der Waals surface area contributed by atoms with Crippen LogP contribution in [-0.4, -0.2) is 41.3 Å². The van der Waals surface area contributed by atoms with Crippen LogP contribution in [0.3, 0.4) is 0 Å². The van der Waals surface area contributed by atoms with E-state index in [1.165, 1.54) is 21.3 Å². The molecule has 3 aromatic rings. The first-order chi connectivity index (χ1) is 13.9. The summed E-state index contributed by atoms with van der Waals surface area (Å²) in [6.45, 7) is 3.34. The number of aryl methyl sites for hydroxylation is 1. The Labute approximate surface area is 166 Å². The molecule has 0 aliphatic rings. The highest BCUT2D eigenvalue weighted by atomic mass is 16.5. The first-order valence-corrected chi connectivity index (χ1v) is 8.54. The first-order valence-electron chi connectivity index (χ1n) is 8.54. The lowest BCUT2D eigenvalue weighted by atomic mass is 10.1. The minimum atomic E-state index is -0.511. The zero-order valence-corrected chi connectivity index (χ0v) is 16.6. The minimum Gasteiger partial charge on any atom is -0.493 e. The second-order valence-electron chi connectivity index (χ2n) is 6.07. The number of methoxy groups -OCH3 is 3. The molecule has 0 bridgehead atoms. The van der Waals surface area contributed by atoms with E-state index >= 15 is 0 Å². The predicted molar refractivity (Wildman–Crippen MR) is 101 cm³/mol. The van der Waals surface area contributed by atoms with Gasteiger partial charge in [0.15, 0.2) is 11.5 Å². The Bertz CT molecular complexity index is 1130. The SMILES string of the molecule is COc1cc(-c2nnc(Cn3nc(C)c(C)c(C#N)c3=O)o2)cc(OC)c1OC. The Balaban J connectivity index is 1.98. The summed E-state index contributed by atoms with van der Waals surface area (Å²) in [5.41, 5.74) is 1.21. The lowest BCUT2D eigenvalue weighted by Gasteiger charge is -2.12. The molecule has 0 spiro atoms. The van der Waals surface area contributed by atoms with Crippen LogP contribution in [0, 0.1) is 25.2 Å². The van der Waals surface area contributed by atoms with Crippen molar-refractivity contribution in [2.75, 3.05) is 21.3 Å². The number of aromatic nitrogens is 4. The van der Waals surface area contributed by atoms with Gasteiger partial charge >= 0.3 is 0 Å². The fourth-order valence-electron chi connectivity index (χ4n) is 2.78. The van der Waals surface area contributed by atoms with E-state index in [0.717, 1.165) is 4.68 Å². The van der Waals surface area contributed by atoms with E-state index in [1.54, 1.807) is 26.0 Å². The van der Waals surface area contributed by atoms with Crippen LogP contribution in [0.25, 0.3) is 11.5 Å². The lowest BCUT2D eigenvalue weighted by molar-refractivity contribution is 0.324. The molecular weight excluding hydrogens is 378 g/mol. The van der Waals surface area contributed by atoms with Gasteiger partial charge < -0.3 is 18.6 Å². The van der Waals surface area contributed by atoms with Crippen molar-refractivity contribution in [3.05, 3.63) is 45.2 Å². The minimum absolute atomic E-state index is 0.0434. The van der Waals surface area contributed by atoms with Crippen molar-refractivity contribution < 1.29 is 18.6 Å².